The summed E-state index contributed by atoms with van der Waals surface area (Å²) in [4.78, 5) is 23.7. The molecule has 9 heteroatoms. The highest BCUT2D eigenvalue weighted by molar-refractivity contribution is 7.90. The summed E-state index contributed by atoms with van der Waals surface area (Å²) in [5, 5.41) is 13.5. The van der Waals surface area contributed by atoms with Crippen LogP contribution in [0.2, 0.25) is 0 Å². The molecular weight excluding hydrogens is 396 g/mol. The van der Waals surface area contributed by atoms with E-state index in [-0.39, 0.29) is 34.1 Å². The molecular formula is C20H16N2O6S. The van der Waals surface area contributed by atoms with Gasteiger partial charge in [0.25, 0.3) is 0 Å². The molecule has 1 aromatic heterocycles. The van der Waals surface area contributed by atoms with Crippen LogP contribution in [0.25, 0.3) is 16.9 Å². The van der Waals surface area contributed by atoms with Crippen molar-refractivity contribution in [3.8, 4) is 16.9 Å². The van der Waals surface area contributed by atoms with E-state index in [1.54, 1.807) is 37.3 Å². The van der Waals surface area contributed by atoms with Crippen molar-refractivity contribution in [2.24, 2.45) is 0 Å². The van der Waals surface area contributed by atoms with Crippen molar-refractivity contribution in [2.45, 2.75) is 17.6 Å². The molecule has 0 spiro atoms. The Kier molecular flexibility index (Phi) is 4.46. The molecule has 0 aliphatic carbocycles. The number of sulfone groups is 1. The van der Waals surface area contributed by atoms with Gasteiger partial charge < -0.3 is 9.84 Å². The number of hydrogen-bond acceptors (Lipinski definition) is 6. The SMILES string of the molecule is CCOC(=O)c1nn(-c2ccc(C(=O)O)cc2)c2c1CS(=O)(=O)c1ccccc1-2. The summed E-state index contributed by atoms with van der Waals surface area (Å²) in [7, 11) is -3.65. The third kappa shape index (κ3) is 3.09. The monoisotopic (exact) mass is 412 g/mol. The summed E-state index contributed by atoms with van der Waals surface area (Å²) < 4.78 is 32.1. The molecule has 2 heterocycles. The second kappa shape index (κ2) is 6.85. The number of rotatable bonds is 4. The molecule has 0 atom stereocenters. The van der Waals surface area contributed by atoms with E-state index in [9.17, 15) is 18.0 Å². The van der Waals surface area contributed by atoms with E-state index in [0.29, 0.717) is 16.9 Å². The molecule has 0 saturated heterocycles. The van der Waals surface area contributed by atoms with E-state index >= 15 is 0 Å². The Labute approximate surface area is 166 Å². The van der Waals surface area contributed by atoms with Crippen molar-refractivity contribution < 1.29 is 27.9 Å². The van der Waals surface area contributed by atoms with Crippen molar-refractivity contribution >= 4 is 21.8 Å². The predicted molar refractivity (Wildman–Crippen MR) is 103 cm³/mol. The molecule has 4 rings (SSSR count). The summed E-state index contributed by atoms with van der Waals surface area (Å²) in [6, 6.07) is 12.5. The maximum atomic E-state index is 12.8. The topological polar surface area (TPSA) is 116 Å². The number of benzene rings is 2. The fourth-order valence-corrected chi connectivity index (χ4v) is 4.96. The second-order valence-corrected chi connectivity index (χ2v) is 8.37. The van der Waals surface area contributed by atoms with Crippen LogP contribution in [0.4, 0.5) is 0 Å². The van der Waals surface area contributed by atoms with Gasteiger partial charge in [-0.05, 0) is 37.3 Å². The van der Waals surface area contributed by atoms with Crippen LogP contribution >= 0.6 is 0 Å². The maximum absolute atomic E-state index is 12.8. The van der Waals surface area contributed by atoms with Gasteiger partial charge in [0, 0.05) is 11.1 Å². The number of ether oxygens (including phenoxy) is 1. The minimum absolute atomic E-state index is 0.0674. The van der Waals surface area contributed by atoms with Crippen LogP contribution in [-0.2, 0) is 20.3 Å². The zero-order chi connectivity index (χ0) is 20.8. The van der Waals surface area contributed by atoms with Gasteiger partial charge in [-0.1, -0.05) is 18.2 Å². The number of hydrogen-bond donors (Lipinski definition) is 1. The molecule has 0 saturated carbocycles. The third-order valence-corrected chi connectivity index (χ3v) is 6.32. The molecule has 0 amide bonds. The zero-order valence-electron chi connectivity index (χ0n) is 15.3. The van der Waals surface area contributed by atoms with Crippen LogP contribution in [0, 0.1) is 0 Å². The smallest absolute Gasteiger partial charge is 0.359 e. The van der Waals surface area contributed by atoms with Crippen molar-refractivity contribution in [2.75, 3.05) is 6.61 Å². The Morgan fingerprint density at radius 1 is 1.14 bits per heavy atom. The molecule has 3 aromatic rings. The Balaban J connectivity index is 2.00. The van der Waals surface area contributed by atoms with Gasteiger partial charge in [0.15, 0.2) is 15.5 Å². The van der Waals surface area contributed by atoms with Crippen LogP contribution < -0.4 is 0 Å². The quantitative estimate of drug-likeness (QED) is 0.655. The Bertz CT molecular complexity index is 1240. The van der Waals surface area contributed by atoms with E-state index in [2.05, 4.69) is 5.10 Å². The first-order chi connectivity index (χ1) is 13.8. The average Bonchev–Trinajstić information content (AvgIpc) is 3.07. The third-order valence-electron chi connectivity index (χ3n) is 4.62. The van der Waals surface area contributed by atoms with Crippen molar-refractivity contribution in [1.29, 1.82) is 0 Å². The fraction of sp³-hybridized carbons (Fsp3) is 0.150. The van der Waals surface area contributed by atoms with Gasteiger partial charge >= 0.3 is 11.9 Å². The first-order valence-electron chi connectivity index (χ1n) is 8.78. The van der Waals surface area contributed by atoms with Crippen molar-refractivity contribution in [3.63, 3.8) is 0 Å². The molecule has 1 N–H and O–H groups in total. The number of carboxylic acids is 1. The minimum Gasteiger partial charge on any atom is -0.478 e. The summed E-state index contributed by atoms with van der Waals surface area (Å²) in [5.74, 6) is -2.15. The highest BCUT2D eigenvalue weighted by Gasteiger charge is 2.36. The molecule has 8 nitrogen and oxygen atoms in total. The van der Waals surface area contributed by atoms with E-state index in [0.717, 1.165) is 0 Å². The number of carbonyl (C=O) groups excluding carboxylic acids is 1. The van der Waals surface area contributed by atoms with Gasteiger partial charge in [-0.2, -0.15) is 5.10 Å². The van der Waals surface area contributed by atoms with Crippen LogP contribution in [-0.4, -0.2) is 41.9 Å². The summed E-state index contributed by atoms with van der Waals surface area (Å²) in [5.41, 5.74) is 1.70. The van der Waals surface area contributed by atoms with Gasteiger partial charge in [0.1, 0.15) is 0 Å². The number of carboxylic acid groups (broad SMARTS) is 1. The molecule has 1 aliphatic rings. The van der Waals surface area contributed by atoms with Crippen LogP contribution in [0.1, 0.15) is 33.3 Å². The largest absolute Gasteiger partial charge is 0.478 e. The molecule has 0 bridgehead atoms. The van der Waals surface area contributed by atoms with E-state index in [1.807, 2.05) is 0 Å². The second-order valence-electron chi connectivity index (χ2n) is 6.42. The number of esters is 1. The lowest BCUT2D eigenvalue weighted by atomic mass is 10.1. The number of fused-ring (bicyclic) bond motifs is 3. The highest BCUT2D eigenvalue weighted by Crippen LogP contribution is 2.40. The average molecular weight is 412 g/mol. The normalized spacial score (nSPS) is 14.0. The van der Waals surface area contributed by atoms with Gasteiger partial charge in [0.05, 0.1) is 34.2 Å². The lowest BCUT2D eigenvalue weighted by Crippen LogP contribution is -2.16. The van der Waals surface area contributed by atoms with E-state index in [4.69, 9.17) is 9.84 Å². The number of aromatic carboxylic acids is 1. The summed E-state index contributed by atoms with van der Waals surface area (Å²) in [6.07, 6.45) is 0. The standard InChI is InChI=1S/C20H16N2O6S/c1-2-28-20(25)17-15-11-29(26,27)16-6-4-3-5-14(16)18(15)22(21-17)13-9-7-12(8-10-13)19(23)24/h3-10H,2,11H2,1H3,(H,23,24). The lowest BCUT2D eigenvalue weighted by molar-refractivity contribution is 0.0517. The fourth-order valence-electron chi connectivity index (χ4n) is 3.36. The van der Waals surface area contributed by atoms with E-state index < -0.39 is 21.8 Å². The zero-order valence-corrected chi connectivity index (χ0v) is 16.1. The van der Waals surface area contributed by atoms with Gasteiger partial charge in [-0.25, -0.2) is 22.7 Å². The Morgan fingerprint density at radius 2 is 1.83 bits per heavy atom. The highest BCUT2D eigenvalue weighted by atomic mass is 32.2. The molecule has 0 radical (unpaired) electrons. The Morgan fingerprint density at radius 3 is 2.48 bits per heavy atom. The van der Waals surface area contributed by atoms with Crippen LogP contribution in [0.3, 0.4) is 0 Å². The first-order valence-corrected chi connectivity index (χ1v) is 10.4. The summed E-state index contributed by atoms with van der Waals surface area (Å²) >= 11 is 0. The van der Waals surface area contributed by atoms with Crippen LogP contribution in [0.5, 0.6) is 0 Å². The molecule has 1 aliphatic heterocycles. The number of carbonyl (C=O) groups is 2. The maximum Gasteiger partial charge on any atom is 0.359 e. The lowest BCUT2D eigenvalue weighted by Gasteiger charge is -2.19. The number of nitrogens with zero attached hydrogens (tertiary/aromatic N) is 2. The van der Waals surface area contributed by atoms with Crippen molar-refractivity contribution in [1.82, 2.24) is 9.78 Å². The predicted octanol–water partition coefficient (Wildman–Crippen LogP) is 2.70. The van der Waals surface area contributed by atoms with E-state index in [1.165, 1.54) is 22.9 Å². The molecule has 0 fully saturated rings. The van der Waals surface area contributed by atoms with Crippen molar-refractivity contribution in [3.05, 3.63) is 65.4 Å². The number of aromatic nitrogens is 2. The molecule has 29 heavy (non-hydrogen) atoms. The van der Waals surface area contributed by atoms with Gasteiger partial charge in [-0.3, -0.25) is 0 Å². The van der Waals surface area contributed by atoms with Crippen LogP contribution in [0.15, 0.2) is 53.4 Å². The molecule has 148 valence electrons. The summed E-state index contributed by atoms with van der Waals surface area (Å²) in [6.45, 7) is 1.77. The minimum atomic E-state index is -3.65. The first kappa shape index (κ1) is 18.9. The Hall–Kier alpha value is -3.46. The molecule has 2 aromatic carbocycles. The molecule has 0 unspecified atom stereocenters. The van der Waals surface area contributed by atoms with Gasteiger partial charge in [-0.15, -0.1) is 0 Å². The van der Waals surface area contributed by atoms with Gasteiger partial charge in [0.2, 0.25) is 0 Å².